The molecule has 0 aliphatic heterocycles. The van der Waals surface area contributed by atoms with E-state index in [2.05, 4.69) is 5.32 Å². The summed E-state index contributed by atoms with van der Waals surface area (Å²) >= 11 is 0. The summed E-state index contributed by atoms with van der Waals surface area (Å²) in [7, 11) is 0. The van der Waals surface area contributed by atoms with Gasteiger partial charge in [-0.25, -0.2) is 4.79 Å². The zero-order chi connectivity index (χ0) is 16.0. The summed E-state index contributed by atoms with van der Waals surface area (Å²) in [6, 6.07) is 2.55. The molecule has 0 saturated heterocycles. The first kappa shape index (κ1) is 16.7. The van der Waals surface area contributed by atoms with Crippen LogP contribution >= 0.6 is 0 Å². The summed E-state index contributed by atoms with van der Waals surface area (Å²) < 4.78 is 37.6. The molecular weight excluding hydrogens is 287 g/mol. The molecule has 4 nitrogen and oxygen atoms in total. The van der Waals surface area contributed by atoms with Crippen LogP contribution in [0.3, 0.4) is 0 Å². The zero-order valence-electron chi connectivity index (χ0n) is 11.2. The Hall–Kier alpha value is -2.31. The topological polar surface area (TPSA) is 66.4 Å². The second-order valence-electron chi connectivity index (χ2n) is 4.28. The minimum absolute atomic E-state index is 0.179. The van der Waals surface area contributed by atoms with E-state index >= 15 is 0 Å². The zero-order valence-corrected chi connectivity index (χ0v) is 11.2. The molecule has 7 heteroatoms. The van der Waals surface area contributed by atoms with Gasteiger partial charge in [0.15, 0.2) is 0 Å². The number of halogens is 3. The van der Waals surface area contributed by atoms with E-state index in [9.17, 15) is 22.8 Å². The molecule has 0 aliphatic carbocycles. The smallest absolute Gasteiger partial charge is 0.416 e. The fourth-order valence-electron chi connectivity index (χ4n) is 1.60. The number of alkyl halides is 3. The third kappa shape index (κ3) is 5.29. The van der Waals surface area contributed by atoms with E-state index in [4.69, 9.17) is 5.11 Å². The Morgan fingerprint density at radius 2 is 2.00 bits per heavy atom. The molecule has 114 valence electrons. The molecule has 0 heterocycles. The molecule has 0 spiro atoms. The van der Waals surface area contributed by atoms with Gasteiger partial charge in [0.25, 0.3) is 0 Å². The summed E-state index contributed by atoms with van der Waals surface area (Å²) in [5.41, 5.74) is -1.24. The number of carboxylic acid groups (broad SMARTS) is 1. The molecule has 2 N–H and O–H groups in total. The summed E-state index contributed by atoms with van der Waals surface area (Å²) in [6.07, 6.45) is -1.13. The van der Waals surface area contributed by atoms with E-state index in [0.29, 0.717) is 19.0 Å². The van der Waals surface area contributed by atoms with E-state index in [1.165, 1.54) is 13.0 Å². The molecule has 0 saturated carbocycles. The number of carbonyl (C=O) groups excluding carboxylic acids is 1. The van der Waals surface area contributed by atoms with Gasteiger partial charge in [-0.3, -0.25) is 4.79 Å². The van der Waals surface area contributed by atoms with Crippen molar-refractivity contribution in [2.45, 2.75) is 19.5 Å². The van der Waals surface area contributed by atoms with Crippen LogP contribution in [0.2, 0.25) is 0 Å². The molecule has 21 heavy (non-hydrogen) atoms. The average molecular weight is 301 g/mol. The molecule has 0 fully saturated rings. The number of aromatic carboxylic acids is 1. The summed E-state index contributed by atoms with van der Waals surface area (Å²) in [4.78, 5) is 21.7. The number of hydrogen-bond acceptors (Lipinski definition) is 2. The quantitative estimate of drug-likeness (QED) is 0.822. The first-order chi connectivity index (χ1) is 9.71. The number of rotatable bonds is 5. The number of benzene rings is 1. The van der Waals surface area contributed by atoms with Crippen LogP contribution < -0.4 is 5.32 Å². The average Bonchev–Trinajstić information content (AvgIpc) is 2.36. The summed E-state index contributed by atoms with van der Waals surface area (Å²) in [6.45, 7) is 1.73. The molecule has 0 bridgehead atoms. The summed E-state index contributed by atoms with van der Waals surface area (Å²) in [5.74, 6) is -1.62. The van der Waals surface area contributed by atoms with Crippen molar-refractivity contribution in [3.8, 4) is 0 Å². The molecule has 0 radical (unpaired) electrons. The van der Waals surface area contributed by atoms with Crippen molar-refractivity contribution in [2.24, 2.45) is 0 Å². The molecule has 1 rings (SSSR count). The highest BCUT2D eigenvalue weighted by atomic mass is 19.4. The van der Waals surface area contributed by atoms with Gasteiger partial charge in [0, 0.05) is 13.5 Å². The Labute approximate surface area is 119 Å². The Bertz CT molecular complexity index is 565. The van der Waals surface area contributed by atoms with Crippen molar-refractivity contribution < 1.29 is 27.9 Å². The number of nitrogens with one attached hydrogen (secondary N) is 1. The maximum atomic E-state index is 12.5. The van der Waals surface area contributed by atoms with Crippen LogP contribution in [0.25, 0.3) is 6.08 Å². The van der Waals surface area contributed by atoms with Gasteiger partial charge in [0.05, 0.1) is 11.1 Å². The van der Waals surface area contributed by atoms with Crippen molar-refractivity contribution in [2.75, 3.05) is 6.54 Å². The maximum Gasteiger partial charge on any atom is 0.416 e. The van der Waals surface area contributed by atoms with E-state index < -0.39 is 23.3 Å². The lowest BCUT2D eigenvalue weighted by molar-refractivity contribution is -0.137. The van der Waals surface area contributed by atoms with Crippen LogP contribution in [0.5, 0.6) is 0 Å². The highest BCUT2D eigenvalue weighted by Crippen LogP contribution is 2.30. The Morgan fingerprint density at radius 1 is 1.33 bits per heavy atom. The molecule has 0 aliphatic rings. The second-order valence-corrected chi connectivity index (χ2v) is 4.28. The monoisotopic (exact) mass is 301 g/mol. The highest BCUT2D eigenvalue weighted by Gasteiger charge is 2.31. The predicted molar refractivity (Wildman–Crippen MR) is 70.7 cm³/mol. The fraction of sp³-hybridized carbons (Fsp3) is 0.286. The van der Waals surface area contributed by atoms with Crippen LogP contribution in [-0.2, 0) is 11.0 Å². The van der Waals surface area contributed by atoms with Crippen molar-refractivity contribution >= 4 is 18.0 Å². The third-order valence-electron chi connectivity index (χ3n) is 2.59. The number of amides is 1. The Morgan fingerprint density at radius 3 is 2.52 bits per heavy atom. The van der Waals surface area contributed by atoms with Crippen LogP contribution in [-0.4, -0.2) is 23.5 Å². The molecule has 1 amide bonds. The van der Waals surface area contributed by atoms with Gasteiger partial charge in [0.1, 0.15) is 0 Å². The lowest BCUT2D eigenvalue weighted by atomic mass is 10.0. The number of hydrogen-bond donors (Lipinski definition) is 2. The fourth-order valence-corrected chi connectivity index (χ4v) is 1.60. The Balaban J connectivity index is 2.89. The van der Waals surface area contributed by atoms with Crippen LogP contribution in [0.1, 0.15) is 34.8 Å². The summed E-state index contributed by atoms with van der Waals surface area (Å²) in [5, 5.41) is 11.5. The highest BCUT2D eigenvalue weighted by molar-refractivity contribution is 5.92. The maximum absolute atomic E-state index is 12.5. The molecule has 1 aromatic carbocycles. The van der Waals surface area contributed by atoms with Crippen LogP contribution in [0.4, 0.5) is 13.2 Å². The van der Waals surface area contributed by atoms with Crippen LogP contribution in [0.15, 0.2) is 24.3 Å². The van der Waals surface area contributed by atoms with E-state index in [1.807, 2.05) is 0 Å². The van der Waals surface area contributed by atoms with E-state index in [0.717, 1.165) is 12.1 Å². The number of carboxylic acids is 1. The van der Waals surface area contributed by atoms with Gasteiger partial charge in [-0.1, -0.05) is 18.2 Å². The van der Waals surface area contributed by atoms with E-state index in [1.54, 1.807) is 6.08 Å². The molecule has 0 aromatic heterocycles. The van der Waals surface area contributed by atoms with Gasteiger partial charge in [0.2, 0.25) is 5.91 Å². The first-order valence-corrected chi connectivity index (χ1v) is 6.07. The van der Waals surface area contributed by atoms with Crippen molar-refractivity contribution in [1.82, 2.24) is 5.32 Å². The Kier molecular flexibility index (Phi) is 5.52. The van der Waals surface area contributed by atoms with Gasteiger partial charge >= 0.3 is 12.1 Å². The minimum atomic E-state index is -4.59. The van der Waals surface area contributed by atoms with Gasteiger partial charge in [-0.15, -0.1) is 0 Å². The number of carbonyl (C=O) groups is 2. The van der Waals surface area contributed by atoms with E-state index in [-0.39, 0.29) is 11.5 Å². The standard InChI is InChI=1S/C14H14F3NO3/c1-9(19)18-7-3-2-4-10-5-6-11(14(15,16)17)8-12(10)13(20)21/h2,4-6,8H,3,7H2,1H3,(H,18,19)(H,20,21). The lowest BCUT2D eigenvalue weighted by Crippen LogP contribution is -2.20. The van der Waals surface area contributed by atoms with Crippen molar-refractivity contribution in [3.05, 3.63) is 41.0 Å². The van der Waals surface area contributed by atoms with Crippen LogP contribution in [0, 0.1) is 0 Å². The predicted octanol–water partition coefficient (Wildman–Crippen LogP) is 2.94. The van der Waals surface area contributed by atoms with Gasteiger partial charge < -0.3 is 10.4 Å². The molecule has 0 unspecified atom stereocenters. The largest absolute Gasteiger partial charge is 0.478 e. The second kappa shape index (κ2) is 6.92. The normalized spacial score (nSPS) is 11.6. The van der Waals surface area contributed by atoms with Gasteiger partial charge in [-0.2, -0.15) is 13.2 Å². The van der Waals surface area contributed by atoms with Gasteiger partial charge in [-0.05, 0) is 24.1 Å². The minimum Gasteiger partial charge on any atom is -0.478 e. The first-order valence-electron chi connectivity index (χ1n) is 6.07. The molecule has 0 atom stereocenters. The van der Waals surface area contributed by atoms with Crippen molar-refractivity contribution in [3.63, 3.8) is 0 Å². The SMILES string of the molecule is CC(=O)NCCC=Cc1ccc(C(F)(F)F)cc1C(=O)O. The van der Waals surface area contributed by atoms with Crippen molar-refractivity contribution in [1.29, 1.82) is 0 Å². The lowest BCUT2D eigenvalue weighted by Gasteiger charge is -2.09. The third-order valence-corrected chi connectivity index (χ3v) is 2.59. The molecular formula is C14H14F3NO3. The molecule has 1 aromatic rings.